The van der Waals surface area contributed by atoms with Crippen molar-refractivity contribution in [2.45, 2.75) is 302 Å². The molecule has 0 saturated carbocycles. The number of unbranched alkanes of at least 4 members (excludes halogenated alkanes) is 39. The van der Waals surface area contributed by atoms with Gasteiger partial charge in [0, 0.05) is 6.42 Å². The SMILES string of the molecule is CCCCCCCCCC/C=C\CCCCCCCCCCCCCCCCCCCCCCCC(=O)NC(CO)C(O)/C=C/CCCCCCCCCCCC. The summed E-state index contributed by atoms with van der Waals surface area (Å²) >= 11 is 0. The Morgan fingerprint density at radius 2 is 0.667 bits per heavy atom. The highest BCUT2D eigenvalue weighted by Crippen LogP contribution is 2.17. The minimum atomic E-state index is -0.834. The zero-order chi connectivity index (χ0) is 41.4. The zero-order valence-corrected chi connectivity index (χ0v) is 38.9. The molecule has 0 aliphatic heterocycles. The summed E-state index contributed by atoms with van der Waals surface area (Å²) in [5, 5.41) is 23.0. The number of carbonyl (C=O) groups is 1. The second-order valence-electron chi connectivity index (χ2n) is 17.9. The summed E-state index contributed by atoms with van der Waals surface area (Å²) in [5.74, 6) is -0.0599. The van der Waals surface area contributed by atoms with E-state index >= 15 is 0 Å². The van der Waals surface area contributed by atoms with Gasteiger partial charge in [-0.25, -0.2) is 0 Å². The summed E-state index contributed by atoms with van der Waals surface area (Å²) in [4.78, 5) is 12.4. The normalized spacial score (nSPS) is 13.0. The molecule has 3 N–H and O–H groups in total. The summed E-state index contributed by atoms with van der Waals surface area (Å²) in [7, 11) is 0. The van der Waals surface area contributed by atoms with Gasteiger partial charge in [0.15, 0.2) is 0 Å². The molecule has 0 heterocycles. The molecule has 0 rings (SSSR count). The Kier molecular flexibility index (Phi) is 48.3. The van der Waals surface area contributed by atoms with E-state index in [2.05, 4.69) is 31.3 Å². The fourth-order valence-electron chi connectivity index (χ4n) is 8.18. The van der Waals surface area contributed by atoms with E-state index in [4.69, 9.17) is 0 Å². The van der Waals surface area contributed by atoms with Crippen LogP contribution in [0.15, 0.2) is 24.3 Å². The van der Waals surface area contributed by atoms with Gasteiger partial charge in [-0.1, -0.05) is 263 Å². The lowest BCUT2D eigenvalue weighted by molar-refractivity contribution is -0.123. The van der Waals surface area contributed by atoms with E-state index in [1.54, 1.807) is 6.08 Å². The second kappa shape index (κ2) is 49.2. The van der Waals surface area contributed by atoms with Crippen molar-refractivity contribution in [2.24, 2.45) is 0 Å². The predicted molar refractivity (Wildman–Crippen MR) is 253 cm³/mol. The zero-order valence-electron chi connectivity index (χ0n) is 38.9. The summed E-state index contributed by atoms with van der Waals surface area (Å²) in [6, 6.07) is -0.617. The van der Waals surface area contributed by atoms with Crippen LogP contribution >= 0.6 is 0 Å². The molecule has 338 valence electrons. The van der Waals surface area contributed by atoms with Gasteiger partial charge in [-0.2, -0.15) is 0 Å². The van der Waals surface area contributed by atoms with Crippen LogP contribution in [0.5, 0.6) is 0 Å². The van der Waals surface area contributed by atoms with Crippen molar-refractivity contribution in [3.63, 3.8) is 0 Å². The number of nitrogens with one attached hydrogen (secondary N) is 1. The number of hydrogen-bond donors (Lipinski definition) is 3. The highest BCUT2D eigenvalue weighted by atomic mass is 16.3. The highest BCUT2D eigenvalue weighted by molar-refractivity contribution is 5.76. The van der Waals surface area contributed by atoms with Crippen molar-refractivity contribution < 1.29 is 15.0 Å². The summed E-state index contributed by atoms with van der Waals surface area (Å²) < 4.78 is 0. The predicted octanol–water partition coefficient (Wildman–Crippen LogP) is 16.8. The summed E-state index contributed by atoms with van der Waals surface area (Å²) in [6.07, 6.45) is 64.8. The maximum atomic E-state index is 12.4. The molecule has 0 fully saturated rings. The molecule has 2 atom stereocenters. The molecule has 57 heavy (non-hydrogen) atoms. The molecule has 0 aliphatic rings. The van der Waals surface area contributed by atoms with Gasteiger partial charge >= 0.3 is 0 Å². The molecule has 0 aliphatic carbocycles. The van der Waals surface area contributed by atoms with E-state index in [1.807, 2.05) is 6.08 Å². The van der Waals surface area contributed by atoms with Crippen LogP contribution in [0.25, 0.3) is 0 Å². The van der Waals surface area contributed by atoms with Crippen LogP contribution in [0, 0.1) is 0 Å². The van der Waals surface area contributed by atoms with E-state index in [0.29, 0.717) is 6.42 Å². The van der Waals surface area contributed by atoms with Crippen LogP contribution in [0.3, 0.4) is 0 Å². The molecule has 1 amide bonds. The van der Waals surface area contributed by atoms with Crippen LogP contribution < -0.4 is 5.32 Å². The van der Waals surface area contributed by atoms with Crippen LogP contribution in [0.2, 0.25) is 0 Å². The molecule has 0 aromatic rings. The van der Waals surface area contributed by atoms with Crippen molar-refractivity contribution in [3.8, 4) is 0 Å². The molecule has 0 bridgehead atoms. The molecule has 2 unspecified atom stereocenters. The molecule has 4 heteroatoms. The number of rotatable bonds is 48. The first-order valence-corrected chi connectivity index (χ1v) is 26.1. The molecule has 0 saturated heterocycles. The van der Waals surface area contributed by atoms with Crippen LogP contribution in [0.4, 0.5) is 0 Å². The van der Waals surface area contributed by atoms with Gasteiger partial charge in [0.1, 0.15) is 0 Å². The molecule has 0 radical (unpaired) electrons. The van der Waals surface area contributed by atoms with Crippen molar-refractivity contribution in [1.29, 1.82) is 0 Å². The van der Waals surface area contributed by atoms with Crippen LogP contribution in [-0.2, 0) is 4.79 Å². The lowest BCUT2D eigenvalue weighted by atomic mass is 10.0. The molecular formula is C53H103NO3. The maximum Gasteiger partial charge on any atom is 0.220 e. The third-order valence-electron chi connectivity index (χ3n) is 12.2. The third kappa shape index (κ3) is 45.8. The van der Waals surface area contributed by atoms with E-state index in [1.165, 1.54) is 244 Å². The van der Waals surface area contributed by atoms with Gasteiger partial charge < -0.3 is 15.5 Å². The molecular weight excluding hydrogens is 699 g/mol. The van der Waals surface area contributed by atoms with Crippen LogP contribution in [-0.4, -0.2) is 34.9 Å². The average molecular weight is 802 g/mol. The Balaban J connectivity index is 3.39. The first-order valence-electron chi connectivity index (χ1n) is 26.1. The number of aliphatic hydroxyl groups excluding tert-OH is 2. The Labute approximate surface area is 358 Å². The van der Waals surface area contributed by atoms with Crippen molar-refractivity contribution in [3.05, 3.63) is 24.3 Å². The van der Waals surface area contributed by atoms with E-state index in [0.717, 1.165) is 25.7 Å². The summed E-state index contributed by atoms with van der Waals surface area (Å²) in [6.45, 7) is 4.32. The Hall–Kier alpha value is -1.13. The Bertz CT molecular complexity index is 825. The number of carbonyl (C=O) groups excluding carboxylic acids is 1. The van der Waals surface area contributed by atoms with Crippen molar-refractivity contribution in [1.82, 2.24) is 5.32 Å². The topological polar surface area (TPSA) is 69.6 Å². The molecule has 0 aromatic carbocycles. The van der Waals surface area contributed by atoms with Gasteiger partial charge in [0.25, 0.3) is 0 Å². The Morgan fingerprint density at radius 1 is 0.404 bits per heavy atom. The minimum Gasteiger partial charge on any atom is -0.394 e. The number of hydrogen-bond acceptors (Lipinski definition) is 3. The summed E-state index contributed by atoms with van der Waals surface area (Å²) in [5.41, 5.74) is 0. The number of aliphatic hydroxyl groups is 2. The monoisotopic (exact) mass is 802 g/mol. The first kappa shape index (κ1) is 55.9. The van der Waals surface area contributed by atoms with Gasteiger partial charge in [-0.15, -0.1) is 0 Å². The minimum absolute atomic E-state index is 0.0599. The standard InChI is InChI=1S/C53H103NO3/c1-3-5-7-9-11-13-15-17-18-19-20-21-22-23-24-25-26-27-28-29-30-31-32-33-34-35-36-37-39-41-43-45-47-49-53(57)54-51(50-55)52(56)48-46-44-42-40-38-16-14-12-10-8-6-4-2/h19-20,46,48,51-52,55-56H,3-18,21-45,47,49-50H2,1-2H3,(H,54,57)/b20-19-,48-46+. The quantitative estimate of drug-likeness (QED) is 0.0424. The molecule has 0 aromatic heterocycles. The van der Waals surface area contributed by atoms with E-state index in [-0.39, 0.29) is 12.5 Å². The van der Waals surface area contributed by atoms with E-state index in [9.17, 15) is 15.0 Å². The fraction of sp³-hybridized carbons (Fsp3) is 0.906. The number of amides is 1. The second-order valence-corrected chi connectivity index (χ2v) is 17.9. The maximum absolute atomic E-state index is 12.4. The van der Waals surface area contributed by atoms with Gasteiger partial charge in [0.2, 0.25) is 5.91 Å². The lowest BCUT2D eigenvalue weighted by Gasteiger charge is -2.20. The molecule has 4 nitrogen and oxygen atoms in total. The fourth-order valence-corrected chi connectivity index (χ4v) is 8.18. The highest BCUT2D eigenvalue weighted by Gasteiger charge is 2.18. The largest absolute Gasteiger partial charge is 0.394 e. The van der Waals surface area contributed by atoms with Gasteiger partial charge in [0.05, 0.1) is 18.8 Å². The third-order valence-corrected chi connectivity index (χ3v) is 12.2. The average Bonchev–Trinajstić information content (AvgIpc) is 3.22. The molecule has 0 spiro atoms. The van der Waals surface area contributed by atoms with Crippen molar-refractivity contribution >= 4 is 5.91 Å². The smallest absolute Gasteiger partial charge is 0.220 e. The van der Waals surface area contributed by atoms with Gasteiger partial charge in [-0.05, 0) is 44.9 Å². The van der Waals surface area contributed by atoms with Crippen molar-refractivity contribution in [2.75, 3.05) is 6.61 Å². The lowest BCUT2D eigenvalue weighted by Crippen LogP contribution is -2.45. The van der Waals surface area contributed by atoms with E-state index < -0.39 is 12.1 Å². The first-order chi connectivity index (χ1) is 28.2. The number of allylic oxidation sites excluding steroid dienone is 3. The Morgan fingerprint density at radius 3 is 0.965 bits per heavy atom. The van der Waals surface area contributed by atoms with Crippen LogP contribution in [0.1, 0.15) is 290 Å². The van der Waals surface area contributed by atoms with Gasteiger partial charge in [-0.3, -0.25) is 4.79 Å².